The fourth-order valence-corrected chi connectivity index (χ4v) is 6.29. The van der Waals surface area contributed by atoms with Crippen LogP contribution in [0.15, 0.2) is 54.7 Å². The van der Waals surface area contributed by atoms with Crippen LogP contribution >= 0.6 is 0 Å². The topological polar surface area (TPSA) is 79.6 Å². The molecule has 7 heteroatoms. The number of carbonyl (C=O) groups is 2. The number of rotatable bonds is 8. The van der Waals surface area contributed by atoms with E-state index in [-0.39, 0.29) is 29.2 Å². The average molecular weight is 491 g/mol. The summed E-state index contributed by atoms with van der Waals surface area (Å²) < 4.78 is 0.857. The number of pyridine rings is 1. The van der Waals surface area contributed by atoms with Crippen LogP contribution < -0.4 is 10.0 Å². The van der Waals surface area contributed by atoms with Crippen LogP contribution in [0, 0.1) is 16.5 Å². The lowest BCUT2D eigenvalue weighted by Gasteiger charge is -2.38. The van der Waals surface area contributed by atoms with Gasteiger partial charge < -0.3 is 20.3 Å². The summed E-state index contributed by atoms with van der Waals surface area (Å²) in [6, 6.07) is 15.7. The number of benzene rings is 1. The minimum Gasteiger partial charge on any atom is -0.618 e. The number of piperidine rings is 1. The summed E-state index contributed by atoms with van der Waals surface area (Å²) in [6.07, 6.45) is 9.27. The maximum absolute atomic E-state index is 13.4. The summed E-state index contributed by atoms with van der Waals surface area (Å²) >= 11 is 0. The maximum atomic E-state index is 13.4. The summed E-state index contributed by atoms with van der Waals surface area (Å²) in [6.45, 7) is 3.79. The predicted molar refractivity (Wildman–Crippen MR) is 137 cm³/mol. The lowest BCUT2D eigenvalue weighted by atomic mass is 9.77. The second kappa shape index (κ2) is 11.0. The van der Waals surface area contributed by atoms with Crippen molar-refractivity contribution in [3.8, 4) is 0 Å². The Labute approximate surface area is 214 Å². The largest absolute Gasteiger partial charge is 0.618 e. The van der Waals surface area contributed by atoms with Crippen LogP contribution in [0.2, 0.25) is 0 Å². The van der Waals surface area contributed by atoms with Gasteiger partial charge in [-0.3, -0.25) is 9.59 Å². The van der Waals surface area contributed by atoms with Gasteiger partial charge in [-0.25, -0.2) is 0 Å². The zero-order valence-electron chi connectivity index (χ0n) is 21.1. The molecule has 192 valence electrons. The molecule has 0 bridgehead atoms. The minimum absolute atomic E-state index is 0.0171. The zero-order chi connectivity index (χ0) is 25.0. The molecule has 0 radical (unpaired) electrons. The average Bonchev–Trinajstić information content (AvgIpc) is 3.55. The van der Waals surface area contributed by atoms with Crippen LogP contribution in [0.5, 0.6) is 0 Å². The van der Waals surface area contributed by atoms with E-state index in [4.69, 9.17) is 0 Å². The first-order chi connectivity index (χ1) is 17.5. The van der Waals surface area contributed by atoms with Gasteiger partial charge in [0, 0.05) is 31.1 Å². The monoisotopic (exact) mass is 490 g/mol. The van der Waals surface area contributed by atoms with E-state index in [1.165, 1.54) is 6.20 Å². The van der Waals surface area contributed by atoms with Crippen molar-refractivity contribution in [1.82, 2.24) is 15.1 Å². The molecule has 2 amide bonds. The highest BCUT2D eigenvalue weighted by Crippen LogP contribution is 2.42. The van der Waals surface area contributed by atoms with Gasteiger partial charge in [0.05, 0.1) is 11.5 Å². The quantitative estimate of drug-likeness (QED) is 0.453. The molecule has 2 aliphatic heterocycles. The maximum Gasteiger partial charge on any atom is 0.229 e. The Morgan fingerprint density at radius 2 is 1.72 bits per heavy atom. The minimum atomic E-state index is -0.283. The molecule has 5 rings (SSSR count). The molecule has 1 aromatic carbocycles. The van der Waals surface area contributed by atoms with E-state index in [2.05, 4.69) is 22.3 Å². The van der Waals surface area contributed by atoms with Crippen molar-refractivity contribution in [3.63, 3.8) is 0 Å². The number of likely N-dealkylation sites (tertiary alicyclic amines) is 2. The van der Waals surface area contributed by atoms with Crippen LogP contribution in [0.25, 0.3) is 0 Å². The van der Waals surface area contributed by atoms with Crippen molar-refractivity contribution in [2.24, 2.45) is 11.3 Å². The third-order valence-electron chi connectivity index (χ3n) is 8.65. The summed E-state index contributed by atoms with van der Waals surface area (Å²) in [4.78, 5) is 30.5. The van der Waals surface area contributed by atoms with Crippen molar-refractivity contribution in [3.05, 3.63) is 71.2 Å². The molecule has 1 atom stereocenters. The molecule has 1 aromatic heterocycles. The standard InChI is InChI=1S/C29H38N4O3/c34-27(24-10-4-5-11-24)30-26(23-8-2-1-3-9-23)13-18-31-19-14-29(15-20-31)16-21-32(28(29)35)22-25-12-6-7-17-33(25)36/h1-3,6-9,12,17,24,26H,4-5,10-11,13-16,18-22H2,(H,30,34)/t26-/m0/s1. The van der Waals surface area contributed by atoms with Crippen LogP contribution in [0.4, 0.5) is 0 Å². The lowest BCUT2D eigenvalue weighted by molar-refractivity contribution is -0.615. The molecule has 1 aliphatic carbocycles. The van der Waals surface area contributed by atoms with E-state index < -0.39 is 0 Å². The number of hydrogen-bond acceptors (Lipinski definition) is 4. The highest BCUT2D eigenvalue weighted by atomic mass is 16.5. The van der Waals surface area contributed by atoms with Gasteiger partial charge in [0.1, 0.15) is 6.54 Å². The van der Waals surface area contributed by atoms with Gasteiger partial charge in [0.2, 0.25) is 17.5 Å². The SMILES string of the molecule is O=C(N[C@@H](CCN1CCC2(CC1)CCN(Cc1cccc[n+]1[O-])C2=O)c1ccccc1)C1CCCC1. The molecule has 2 aromatic rings. The van der Waals surface area contributed by atoms with Crippen molar-refractivity contribution in [2.75, 3.05) is 26.2 Å². The fourth-order valence-electron chi connectivity index (χ4n) is 6.29. The molecule has 1 spiro atoms. The predicted octanol–water partition coefficient (Wildman–Crippen LogP) is 3.57. The summed E-state index contributed by atoms with van der Waals surface area (Å²) in [5.74, 6) is 0.569. The number of aromatic nitrogens is 1. The third-order valence-corrected chi connectivity index (χ3v) is 8.65. The first-order valence-electron chi connectivity index (χ1n) is 13.6. The molecule has 1 saturated carbocycles. The number of carbonyl (C=O) groups excluding carboxylic acids is 2. The van der Waals surface area contributed by atoms with Gasteiger partial charge in [-0.2, -0.15) is 4.73 Å². The van der Waals surface area contributed by atoms with E-state index in [0.29, 0.717) is 12.2 Å². The highest BCUT2D eigenvalue weighted by molar-refractivity contribution is 5.85. The molecule has 36 heavy (non-hydrogen) atoms. The van der Waals surface area contributed by atoms with Crippen LogP contribution in [-0.2, 0) is 16.1 Å². The van der Waals surface area contributed by atoms with Crippen molar-refractivity contribution in [2.45, 2.75) is 64.0 Å². The summed E-state index contributed by atoms with van der Waals surface area (Å²) in [5.41, 5.74) is 1.50. The zero-order valence-corrected chi connectivity index (χ0v) is 21.1. The Bertz CT molecular complexity index is 1050. The van der Waals surface area contributed by atoms with E-state index in [9.17, 15) is 14.8 Å². The molecule has 3 heterocycles. The normalized spacial score (nSPS) is 21.2. The highest BCUT2D eigenvalue weighted by Gasteiger charge is 2.48. The Hall–Kier alpha value is -2.93. The van der Waals surface area contributed by atoms with Gasteiger partial charge in [0.15, 0.2) is 6.20 Å². The number of nitrogens with one attached hydrogen (secondary N) is 1. The molecule has 0 unspecified atom stereocenters. The second-order valence-corrected chi connectivity index (χ2v) is 10.9. The lowest BCUT2D eigenvalue weighted by Crippen LogP contribution is -2.46. The molecule has 7 nitrogen and oxygen atoms in total. The third kappa shape index (κ3) is 5.41. The van der Waals surface area contributed by atoms with Crippen LogP contribution in [0.3, 0.4) is 0 Å². The van der Waals surface area contributed by atoms with Gasteiger partial charge in [0.25, 0.3) is 0 Å². The van der Waals surface area contributed by atoms with Crippen molar-refractivity contribution < 1.29 is 14.3 Å². The van der Waals surface area contributed by atoms with E-state index in [1.807, 2.05) is 29.2 Å². The fraction of sp³-hybridized carbons (Fsp3) is 0.552. The molecular weight excluding hydrogens is 452 g/mol. The van der Waals surface area contributed by atoms with E-state index in [1.54, 1.807) is 12.1 Å². The smallest absolute Gasteiger partial charge is 0.229 e. The Balaban J connectivity index is 1.15. The van der Waals surface area contributed by atoms with Gasteiger partial charge in [-0.15, -0.1) is 0 Å². The Morgan fingerprint density at radius 3 is 2.44 bits per heavy atom. The summed E-state index contributed by atoms with van der Waals surface area (Å²) in [7, 11) is 0. The number of nitrogens with zero attached hydrogens (tertiary/aromatic N) is 3. The van der Waals surface area contributed by atoms with Crippen molar-refractivity contribution >= 4 is 11.8 Å². The summed E-state index contributed by atoms with van der Waals surface area (Å²) in [5, 5.41) is 15.4. The van der Waals surface area contributed by atoms with Crippen LogP contribution in [-0.4, -0.2) is 47.8 Å². The number of amides is 2. The molecular formula is C29H38N4O3. The number of hydrogen-bond donors (Lipinski definition) is 1. The van der Waals surface area contributed by atoms with Gasteiger partial charge >= 0.3 is 0 Å². The molecule has 3 fully saturated rings. The Kier molecular flexibility index (Phi) is 7.56. The molecule has 2 saturated heterocycles. The Morgan fingerprint density at radius 1 is 1.03 bits per heavy atom. The van der Waals surface area contributed by atoms with Crippen LogP contribution in [0.1, 0.15) is 68.7 Å². The van der Waals surface area contributed by atoms with Crippen molar-refractivity contribution in [1.29, 1.82) is 0 Å². The molecule has 1 N–H and O–H groups in total. The first kappa shape index (κ1) is 24.8. The van der Waals surface area contributed by atoms with E-state index >= 15 is 0 Å². The second-order valence-electron chi connectivity index (χ2n) is 10.9. The van der Waals surface area contributed by atoms with Gasteiger partial charge in [-0.05, 0) is 63.2 Å². The first-order valence-corrected chi connectivity index (χ1v) is 13.6. The van der Waals surface area contributed by atoms with E-state index in [0.717, 1.165) is 87.8 Å². The molecule has 3 aliphatic rings. The van der Waals surface area contributed by atoms with Gasteiger partial charge in [-0.1, -0.05) is 43.2 Å².